The standard InChI is InChI=1S/C27H29ClFN3O5S/c1-4-37-23-13-11-22(12-14-23)32(38(35,36)24-15-9-21(29)10-16-24)18-26(33)31(19(2)27(34)30-3)17-20-7-5-6-8-25(20)28/h5-16,19H,4,17-18H2,1-3H3,(H,30,34)/t19-/m1/s1. The quantitative estimate of drug-likeness (QED) is 0.378. The molecule has 3 aromatic carbocycles. The SMILES string of the molecule is CCOc1ccc(N(CC(=O)N(Cc2ccccc2Cl)[C@H](C)C(=O)NC)S(=O)(=O)c2ccc(F)cc2)cc1. The minimum atomic E-state index is -4.31. The Kier molecular flexibility index (Phi) is 9.71. The van der Waals surface area contributed by atoms with Gasteiger partial charge in [0.15, 0.2) is 0 Å². The van der Waals surface area contributed by atoms with Gasteiger partial charge in [-0.05, 0) is 74.0 Å². The van der Waals surface area contributed by atoms with E-state index in [1.807, 2.05) is 6.92 Å². The van der Waals surface area contributed by atoms with E-state index < -0.39 is 40.2 Å². The molecule has 0 aromatic heterocycles. The number of anilines is 1. The lowest BCUT2D eigenvalue weighted by Gasteiger charge is -2.32. The molecule has 0 heterocycles. The van der Waals surface area contributed by atoms with Crippen molar-refractivity contribution in [3.8, 4) is 5.75 Å². The summed E-state index contributed by atoms with van der Waals surface area (Å²) in [5.74, 6) is -1.15. The Morgan fingerprint density at radius 3 is 2.24 bits per heavy atom. The Morgan fingerprint density at radius 1 is 1.03 bits per heavy atom. The number of ether oxygens (including phenoxy) is 1. The summed E-state index contributed by atoms with van der Waals surface area (Å²) >= 11 is 6.31. The molecule has 3 aromatic rings. The number of likely N-dealkylation sites (N-methyl/N-ethyl adjacent to an activating group) is 1. The number of rotatable bonds is 11. The fourth-order valence-electron chi connectivity index (χ4n) is 3.74. The first-order valence-electron chi connectivity index (χ1n) is 11.8. The Balaban J connectivity index is 2.04. The number of sulfonamides is 1. The molecule has 0 aliphatic heterocycles. The summed E-state index contributed by atoms with van der Waals surface area (Å²) in [5, 5.41) is 2.92. The van der Waals surface area contributed by atoms with Crippen molar-refractivity contribution in [1.82, 2.24) is 10.2 Å². The molecule has 0 saturated carbocycles. The third kappa shape index (κ3) is 6.81. The van der Waals surface area contributed by atoms with Gasteiger partial charge in [0, 0.05) is 18.6 Å². The molecule has 0 aliphatic rings. The highest BCUT2D eigenvalue weighted by Gasteiger charge is 2.32. The van der Waals surface area contributed by atoms with Crippen molar-refractivity contribution in [2.75, 3.05) is 24.5 Å². The van der Waals surface area contributed by atoms with Gasteiger partial charge >= 0.3 is 0 Å². The van der Waals surface area contributed by atoms with E-state index in [0.29, 0.717) is 22.9 Å². The highest BCUT2D eigenvalue weighted by molar-refractivity contribution is 7.92. The van der Waals surface area contributed by atoms with Crippen molar-refractivity contribution in [1.29, 1.82) is 0 Å². The van der Waals surface area contributed by atoms with Crippen molar-refractivity contribution in [3.63, 3.8) is 0 Å². The van der Waals surface area contributed by atoms with E-state index in [2.05, 4.69) is 5.32 Å². The van der Waals surface area contributed by atoms with Crippen LogP contribution in [-0.4, -0.2) is 51.4 Å². The fraction of sp³-hybridized carbons (Fsp3) is 0.259. The number of amides is 2. The monoisotopic (exact) mass is 561 g/mol. The van der Waals surface area contributed by atoms with Crippen molar-refractivity contribution in [2.45, 2.75) is 31.3 Å². The highest BCUT2D eigenvalue weighted by atomic mass is 35.5. The Bertz CT molecular complexity index is 1370. The van der Waals surface area contributed by atoms with Gasteiger partial charge in [0.25, 0.3) is 10.0 Å². The molecule has 202 valence electrons. The predicted octanol–water partition coefficient (Wildman–Crippen LogP) is 4.24. The number of hydrogen-bond acceptors (Lipinski definition) is 5. The first-order valence-corrected chi connectivity index (χ1v) is 13.7. The van der Waals surface area contributed by atoms with Gasteiger partial charge in [0.1, 0.15) is 24.2 Å². The van der Waals surface area contributed by atoms with Gasteiger partial charge in [-0.3, -0.25) is 13.9 Å². The molecule has 0 saturated heterocycles. The van der Waals surface area contributed by atoms with Gasteiger partial charge in [-0.2, -0.15) is 0 Å². The summed E-state index contributed by atoms with van der Waals surface area (Å²) in [6.07, 6.45) is 0. The summed E-state index contributed by atoms with van der Waals surface area (Å²) in [4.78, 5) is 27.3. The number of hydrogen-bond donors (Lipinski definition) is 1. The molecule has 38 heavy (non-hydrogen) atoms. The second-order valence-corrected chi connectivity index (χ2v) is 10.6. The van der Waals surface area contributed by atoms with Crippen LogP contribution in [0.25, 0.3) is 0 Å². The smallest absolute Gasteiger partial charge is 0.264 e. The highest BCUT2D eigenvalue weighted by Crippen LogP contribution is 2.27. The maximum absolute atomic E-state index is 13.7. The van der Waals surface area contributed by atoms with E-state index in [-0.39, 0.29) is 17.1 Å². The summed E-state index contributed by atoms with van der Waals surface area (Å²) < 4.78 is 47.3. The maximum atomic E-state index is 13.7. The van der Waals surface area contributed by atoms with E-state index in [1.165, 1.54) is 24.1 Å². The molecular weight excluding hydrogens is 533 g/mol. The van der Waals surface area contributed by atoms with E-state index in [0.717, 1.165) is 28.6 Å². The molecule has 1 atom stereocenters. The van der Waals surface area contributed by atoms with Gasteiger partial charge in [0.05, 0.1) is 17.2 Å². The lowest BCUT2D eigenvalue weighted by Crippen LogP contribution is -2.50. The zero-order chi connectivity index (χ0) is 27.9. The van der Waals surface area contributed by atoms with Gasteiger partial charge in [-0.15, -0.1) is 0 Å². The Hall–Kier alpha value is -3.63. The van der Waals surface area contributed by atoms with Crippen LogP contribution in [0.2, 0.25) is 5.02 Å². The van der Waals surface area contributed by atoms with Crippen LogP contribution in [-0.2, 0) is 26.2 Å². The van der Waals surface area contributed by atoms with Crippen LogP contribution in [0.4, 0.5) is 10.1 Å². The summed E-state index contributed by atoms with van der Waals surface area (Å²) in [5.41, 5.74) is 0.781. The minimum absolute atomic E-state index is 0.0270. The lowest BCUT2D eigenvalue weighted by molar-refractivity contribution is -0.139. The van der Waals surface area contributed by atoms with Crippen molar-refractivity contribution >= 4 is 39.1 Å². The largest absolute Gasteiger partial charge is 0.494 e. The first kappa shape index (κ1) is 28.9. The number of carbonyl (C=O) groups is 2. The van der Waals surface area contributed by atoms with Crippen LogP contribution >= 0.6 is 11.6 Å². The van der Waals surface area contributed by atoms with Gasteiger partial charge in [-0.1, -0.05) is 29.8 Å². The fourth-order valence-corrected chi connectivity index (χ4v) is 5.35. The molecule has 8 nitrogen and oxygen atoms in total. The number of halogens is 2. The summed E-state index contributed by atoms with van der Waals surface area (Å²) in [7, 11) is -2.86. The predicted molar refractivity (Wildman–Crippen MR) is 144 cm³/mol. The molecule has 0 unspecified atom stereocenters. The van der Waals surface area contributed by atoms with E-state index in [9.17, 15) is 22.4 Å². The van der Waals surface area contributed by atoms with Crippen LogP contribution in [0.3, 0.4) is 0 Å². The molecule has 1 N–H and O–H groups in total. The van der Waals surface area contributed by atoms with E-state index in [4.69, 9.17) is 16.3 Å². The topological polar surface area (TPSA) is 96.0 Å². The third-order valence-electron chi connectivity index (χ3n) is 5.83. The average Bonchev–Trinajstić information content (AvgIpc) is 2.91. The van der Waals surface area contributed by atoms with Gasteiger partial charge < -0.3 is 15.0 Å². The van der Waals surface area contributed by atoms with Crippen LogP contribution in [0.5, 0.6) is 5.75 Å². The van der Waals surface area contributed by atoms with Crippen molar-refractivity contribution in [3.05, 3.63) is 89.2 Å². The minimum Gasteiger partial charge on any atom is -0.494 e. The van der Waals surface area contributed by atoms with Crippen molar-refractivity contribution < 1.29 is 27.1 Å². The number of nitrogens with zero attached hydrogens (tertiary/aromatic N) is 2. The molecule has 3 rings (SSSR count). The number of carbonyl (C=O) groups excluding carboxylic acids is 2. The number of benzene rings is 3. The second-order valence-electron chi connectivity index (χ2n) is 8.30. The number of nitrogens with one attached hydrogen (secondary N) is 1. The third-order valence-corrected chi connectivity index (χ3v) is 7.99. The molecule has 0 spiro atoms. The zero-order valence-electron chi connectivity index (χ0n) is 21.2. The molecule has 0 fully saturated rings. The second kappa shape index (κ2) is 12.7. The molecular formula is C27H29ClFN3O5S. The van der Waals surface area contributed by atoms with Crippen LogP contribution < -0.4 is 14.4 Å². The van der Waals surface area contributed by atoms with Crippen LogP contribution in [0.15, 0.2) is 77.7 Å². The Morgan fingerprint density at radius 2 is 1.66 bits per heavy atom. The summed E-state index contributed by atoms with van der Waals surface area (Å²) in [6, 6.07) is 16.5. The first-order chi connectivity index (χ1) is 18.1. The van der Waals surface area contributed by atoms with E-state index >= 15 is 0 Å². The average molecular weight is 562 g/mol. The molecule has 2 amide bonds. The van der Waals surface area contributed by atoms with Crippen LogP contribution in [0.1, 0.15) is 19.4 Å². The zero-order valence-corrected chi connectivity index (χ0v) is 22.8. The molecule has 0 radical (unpaired) electrons. The van der Waals surface area contributed by atoms with Crippen molar-refractivity contribution in [2.24, 2.45) is 0 Å². The molecule has 0 bridgehead atoms. The van der Waals surface area contributed by atoms with Gasteiger partial charge in [-0.25, -0.2) is 12.8 Å². The maximum Gasteiger partial charge on any atom is 0.264 e. The summed E-state index contributed by atoms with van der Waals surface area (Å²) in [6.45, 7) is 3.13. The molecule has 0 aliphatic carbocycles. The van der Waals surface area contributed by atoms with Crippen LogP contribution in [0, 0.1) is 5.82 Å². The molecule has 11 heteroatoms. The normalized spacial score (nSPS) is 11.9. The Labute approximate surface area is 227 Å². The van der Waals surface area contributed by atoms with Gasteiger partial charge in [0.2, 0.25) is 11.8 Å². The lowest BCUT2D eigenvalue weighted by atomic mass is 10.1. The van der Waals surface area contributed by atoms with E-state index in [1.54, 1.807) is 43.3 Å².